The summed E-state index contributed by atoms with van der Waals surface area (Å²) in [7, 11) is 0. The summed E-state index contributed by atoms with van der Waals surface area (Å²) >= 11 is 6.11. The van der Waals surface area contributed by atoms with Gasteiger partial charge in [-0.05, 0) is 36.2 Å². The minimum atomic E-state index is -0.216. The van der Waals surface area contributed by atoms with Crippen molar-refractivity contribution < 1.29 is 4.39 Å². The first-order valence-corrected chi connectivity index (χ1v) is 6.35. The monoisotopic (exact) mass is 263 g/mol. The van der Waals surface area contributed by atoms with Gasteiger partial charge in [-0.3, -0.25) is 0 Å². The quantitative estimate of drug-likeness (QED) is 0.815. The number of para-hydroxylation sites is 1. The Bertz CT molecular complexity index is 527. The highest BCUT2D eigenvalue weighted by atomic mass is 35.5. The van der Waals surface area contributed by atoms with Crippen LogP contribution in [0.2, 0.25) is 5.02 Å². The van der Waals surface area contributed by atoms with Gasteiger partial charge in [-0.2, -0.15) is 0 Å². The molecule has 2 aromatic carbocycles. The third-order valence-corrected chi connectivity index (χ3v) is 3.19. The molecule has 1 atom stereocenters. The van der Waals surface area contributed by atoms with E-state index < -0.39 is 0 Å². The largest absolute Gasteiger partial charge is 0.377 e. The molecule has 1 unspecified atom stereocenters. The van der Waals surface area contributed by atoms with Crippen LogP contribution in [0.1, 0.15) is 24.9 Å². The average molecular weight is 264 g/mol. The molecule has 18 heavy (non-hydrogen) atoms. The van der Waals surface area contributed by atoms with Crippen molar-refractivity contribution in [2.75, 3.05) is 5.32 Å². The Morgan fingerprint density at radius 3 is 2.61 bits per heavy atom. The van der Waals surface area contributed by atoms with Crippen LogP contribution in [0.3, 0.4) is 0 Å². The maximum atomic E-state index is 13.2. The van der Waals surface area contributed by atoms with Crippen LogP contribution in [0.4, 0.5) is 10.1 Å². The number of rotatable bonds is 4. The van der Waals surface area contributed by atoms with Gasteiger partial charge in [-0.15, -0.1) is 0 Å². The van der Waals surface area contributed by atoms with Crippen molar-refractivity contribution in [3.8, 4) is 0 Å². The molecule has 2 aromatic rings. The van der Waals surface area contributed by atoms with Gasteiger partial charge in [0.1, 0.15) is 5.82 Å². The Morgan fingerprint density at radius 1 is 1.17 bits per heavy atom. The molecular formula is C15H15ClFN. The van der Waals surface area contributed by atoms with Crippen molar-refractivity contribution in [1.82, 2.24) is 0 Å². The summed E-state index contributed by atoms with van der Waals surface area (Å²) in [4.78, 5) is 0. The zero-order chi connectivity index (χ0) is 13.0. The van der Waals surface area contributed by atoms with E-state index in [1.54, 1.807) is 12.1 Å². The molecule has 0 aromatic heterocycles. The lowest BCUT2D eigenvalue weighted by molar-refractivity contribution is 0.621. The van der Waals surface area contributed by atoms with Crippen molar-refractivity contribution in [3.05, 3.63) is 64.9 Å². The second-order valence-electron chi connectivity index (χ2n) is 4.14. The Kier molecular flexibility index (Phi) is 4.21. The molecule has 0 radical (unpaired) electrons. The predicted octanol–water partition coefficient (Wildman–Crippen LogP) is 5.04. The third-order valence-electron chi connectivity index (χ3n) is 2.86. The summed E-state index contributed by atoms with van der Waals surface area (Å²) in [5.74, 6) is -0.216. The van der Waals surface area contributed by atoms with Crippen LogP contribution in [-0.2, 0) is 0 Å². The molecule has 1 N–H and O–H groups in total. The number of nitrogens with one attached hydrogen (secondary N) is 1. The summed E-state index contributed by atoms with van der Waals surface area (Å²) in [5, 5.41) is 4.02. The second-order valence-corrected chi connectivity index (χ2v) is 4.55. The topological polar surface area (TPSA) is 12.0 Å². The normalized spacial score (nSPS) is 12.2. The minimum Gasteiger partial charge on any atom is -0.377 e. The predicted molar refractivity (Wildman–Crippen MR) is 74.5 cm³/mol. The van der Waals surface area contributed by atoms with Crippen LogP contribution in [0.5, 0.6) is 0 Å². The Labute approximate surface area is 112 Å². The molecule has 0 fully saturated rings. The summed E-state index contributed by atoms with van der Waals surface area (Å²) in [6, 6.07) is 14.3. The maximum Gasteiger partial charge on any atom is 0.123 e. The number of hydrogen-bond donors (Lipinski definition) is 1. The highest BCUT2D eigenvalue weighted by Gasteiger charge is 2.11. The summed E-state index contributed by atoms with van der Waals surface area (Å²) < 4.78 is 13.2. The van der Waals surface area contributed by atoms with E-state index in [4.69, 9.17) is 11.6 Å². The zero-order valence-corrected chi connectivity index (χ0v) is 10.9. The molecule has 0 amide bonds. The molecular weight excluding hydrogens is 249 g/mol. The summed E-state index contributed by atoms with van der Waals surface area (Å²) in [6.45, 7) is 2.05. The number of anilines is 1. The van der Waals surface area contributed by atoms with Gasteiger partial charge < -0.3 is 5.32 Å². The third kappa shape index (κ3) is 3.02. The minimum absolute atomic E-state index is 0.0561. The van der Waals surface area contributed by atoms with Gasteiger partial charge in [0.2, 0.25) is 0 Å². The lowest BCUT2D eigenvalue weighted by atomic mass is 10.0. The van der Waals surface area contributed by atoms with Gasteiger partial charge in [0.15, 0.2) is 0 Å². The first kappa shape index (κ1) is 12.9. The van der Waals surface area contributed by atoms with Crippen molar-refractivity contribution in [3.63, 3.8) is 0 Å². The molecule has 0 spiro atoms. The Hall–Kier alpha value is -1.54. The smallest absolute Gasteiger partial charge is 0.123 e. The number of benzene rings is 2. The van der Waals surface area contributed by atoms with Crippen LogP contribution < -0.4 is 5.32 Å². The van der Waals surface area contributed by atoms with Gasteiger partial charge in [0.05, 0.1) is 16.8 Å². The summed E-state index contributed by atoms with van der Waals surface area (Å²) in [5.41, 5.74) is 1.80. The summed E-state index contributed by atoms with van der Waals surface area (Å²) in [6.07, 6.45) is 0.856. The van der Waals surface area contributed by atoms with E-state index in [-0.39, 0.29) is 11.9 Å². The average Bonchev–Trinajstić information content (AvgIpc) is 2.38. The fraction of sp³-hybridized carbons (Fsp3) is 0.200. The van der Waals surface area contributed by atoms with E-state index in [2.05, 4.69) is 12.2 Å². The van der Waals surface area contributed by atoms with Gasteiger partial charge in [-0.25, -0.2) is 4.39 Å². The second kappa shape index (κ2) is 5.87. The van der Waals surface area contributed by atoms with Crippen molar-refractivity contribution in [2.45, 2.75) is 19.4 Å². The van der Waals surface area contributed by atoms with Crippen molar-refractivity contribution in [1.29, 1.82) is 0 Å². The van der Waals surface area contributed by atoms with Crippen LogP contribution >= 0.6 is 11.6 Å². The fourth-order valence-electron chi connectivity index (χ4n) is 1.91. The van der Waals surface area contributed by atoms with Crippen molar-refractivity contribution in [2.24, 2.45) is 0 Å². The van der Waals surface area contributed by atoms with Crippen LogP contribution in [0.15, 0.2) is 48.5 Å². The molecule has 94 valence electrons. The van der Waals surface area contributed by atoms with Gasteiger partial charge in [0, 0.05) is 0 Å². The maximum absolute atomic E-state index is 13.2. The Balaban J connectivity index is 2.23. The number of hydrogen-bond acceptors (Lipinski definition) is 1. The van der Waals surface area contributed by atoms with E-state index in [9.17, 15) is 4.39 Å². The molecule has 0 aliphatic carbocycles. The Morgan fingerprint density at radius 2 is 1.94 bits per heavy atom. The fourth-order valence-corrected chi connectivity index (χ4v) is 2.10. The zero-order valence-electron chi connectivity index (χ0n) is 10.2. The number of halogens is 2. The van der Waals surface area contributed by atoms with Crippen molar-refractivity contribution >= 4 is 17.3 Å². The molecule has 0 heterocycles. The van der Waals surface area contributed by atoms with Crippen LogP contribution in [0, 0.1) is 5.82 Å². The van der Waals surface area contributed by atoms with Gasteiger partial charge >= 0.3 is 0 Å². The first-order chi connectivity index (χ1) is 8.70. The van der Waals surface area contributed by atoms with Crippen LogP contribution in [0.25, 0.3) is 0 Å². The lowest BCUT2D eigenvalue weighted by Gasteiger charge is -2.19. The molecule has 0 saturated heterocycles. The van der Waals surface area contributed by atoms with Crippen LogP contribution in [-0.4, -0.2) is 0 Å². The molecule has 0 aliphatic rings. The lowest BCUT2D eigenvalue weighted by Crippen LogP contribution is -2.10. The van der Waals surface area contributed by atoms with E-state index in [0.717, 1.165) is 17.7 Å². The highest BCUT2D eigenvalue weighted by molar-refractivity contribution is 6.33. The molecule has 3 heteroatoms. The standard InChI is InChI=1S/C15H15ClFN/c1-2-14(11-6-5-7-12(17)10-11)18-15-9-4-3-8-13(15)16/h3-10,14,18H,2H2,1H3. The van der Waals surface area contributed by atoms with Gasteiger partial charge in [0.25, 0.3) is 0 Å². The molecule has 0 bridgehead atoms. The molecule has 0 saturated carbocycles. The highest BCUT2D eigenvalue weighted by Crippen LogP contribution is 2.27. The van der Waals surface area contributed by atoms with E-state index in [0.29, 0.717) is 5.02 Å². The SMILES string of the molecule is CCC(Nc1ccccc1Cl)c1cccc(F)c1. The molecule has 1 nitrogen and oxygen atoms in total. The van der Waals surface area contributed by atoms with E-state index in [1.165, 1.54) is 6.07 Å². The van der Waals surface area contributed by atoms with Gasteiger partial charge in [-0.1, -0.05) is 42.8 Å². The molecule has 0 aliphatic heterocycles. The van der Waals surface area contributed by atoms with E-state index in [1.807, 2.05) is 30.3 Å². The molecule has 2 rings (SSSR count). The van der Waals surface area contributed by atoms with E-state index >= 15 is 0 Å². The first-order valence-electron chi connectivity index (χ1n) is 5.97.